The van der Waals surface area contributed by atoms with Gasteiger partial charge in [-0.2, -0.15) is 0 Å². The van der Waals surface area contributed by atoms with Crippen LogP contribution >= 0.6 is 0 Å². The third kappa shape index (κ3) is 7.83. The molecule has 0 fully saturated rings. The van der Waals surface area contributed by atoms with Gasteiger partial charge in [0.05, 0.1) is 0 Å². The van der Waals surface area contributed by atoms with Gasteiger partial charge in [-0.25, -0.2) is 0 Å². The maximum Gasteiger partial charge on any atom is 0.0279 e. The Hall–Kier alpha value is -4.44. The molecule has 170 valence electrons. The van der Waals surface area contributed by atoms with E-state index in [4.69, 9.17) is 0 Å². The Balaban J connectivity index is 0.00000167. The van der Waals surface area contributed by atoms with Crippen molar-refractivity contribution in [2.45, 2.75) is 34.6 Å². The molecular formula is C35H30. The van der Waals surface area contributed by atoms with E-state index in [0.29, 0.717) is 0 Å². The van der Waals surface area contributed by atoms with Crippen LogP contribution in [0.25, 0.3) is 0 Å². The molecule has 35 heavy (non-hydrogen) atoms. The van der Waals surface area contributed by atoms with Gasteiger partial charge in [0.1, 0.15) is 0 Å². The summed E-state index contributed by atoms with van der Waals surface area (Å²) in [6.07, 6.45) is 0. The number of rotatable bonds is 0. The van der Waals surface area contributed by atoms with Gasteiger partial charge >= 0.3 is 0 Å². The van der Waals surface area contributed by atoms with Crippen molar-refractivity contribution in [2.24, 2.45) is 0 Å². The minimum Gasteiger partial charge on any atom is -0.0683 e. The number of hydrogen-bond acceptors (Lipinski definition) is 0. The van der Waals surface area contributed by atoms with Crippen molar-refractivity contribution >= 4 is 0 Å². The number of benzene rings is 4. The molecule has 0 aliphatic heterocycles. The van der Waals surface area contributed by atoms with Crippen molar-refractivity contribution in [2.75, 3.05) is 0 Å². The summed E-state index contributed by atoms with van der Waals surface area (Å²) in [7, 11) is 0. The number of aryl methyl sites for hydroxylation is 3. The van der Waals surface area contributed by atoms with E-state index in [1.807, 2.05) is 62.4 Å². The van der Waals surface area contributed by atoms with Gasteiger partial charge in [0, 0.05) is 33.4 Å². The van der Waals surface area contributed by atoms with Gasteiger partial charge in [-0.3, -0.25) is 0 Å². The van der Waals surface area contributed by atoms with Gasteiger partial charge in [-0.05, 0) is 93.1 Å². The molecule has 4 aromatic carbocycles. The second-order valence-electron chi connectivity index (χ2n) is 8.09. The normalized spacial score (nSPS) is 9.17. The fourth-order valence-corrected chi connectivity index (χ4v) is 3.22. The van der Waals surface area contributed by atoms with Crippen LogP contribution in [0.3, 0.4) is 0 Å². The predicted octanol–water partition coefficient (Wildman–Crippen LogP) is 7.84. The van der Waals surface area contributed by atoms with E-state index in [2.05, 4.69) is 98.8 Å². The summed E-state index contributed by atoms with van der Waals surface area (Å²) in [6.45, 7) is 10.2. The third-order valence-electron chi connectivity index (χ3n) is 5.26. The highest BCUT2D eigenvalue weighted by Crippen LogP contribution is 2.11. The zero-order valence-corrected chi connectivity index (χ0v) is 21.2. The van der Waals surface area contributed by atoms with Crippen LogP contribution in [0, 0.1) is 56.3 Å². The van der Waals surface area contributed by atoms with Gasteiger partial charge in [-0.1, -0.05) is 84.8 Å². The first kappa shape index (κ1) is 25.2. The van der Waals surface area contributed by atoms with Gasteiger partial charge in [-0.15, -0.1) is 0 Å². The van der Waals surface area contributed by atoms with Crippen LogP contribution in [-0.4, -0.2) is 0 Å². The SMILES string of the molecule is CC.Cc1ccc(C#Cc2ccc(C#Cc3ccc(C#Cc4ccc(C)cc4)c(C)c3)cc2)cc1. The van der Waals surface area contributed by atoms with Crippen LogP contribution in [0.1, 0.15) is 63.9 Å². The van der Waals surface area contributed by atoms with E-state index in [9.17, 15) is 0 Å². The maximum atomic E-state index is 3.27. The smallest absolute Gasteiger partial charge is 0.0279 e. The van der Waals surface area contributed by atoms with E-state index in [1.54, 1.807) is 0 Å². The van der Waals surface area contributed by atoms with Crippen LogP contribution in [0.5, 0.6) is 0 Å². The van der Waals surface area contributed by atoms with Crippen molar-refractivity contribution in [3.05, 3.63) is 141 Å². The first-order valence-corrected chi connectivity index (χ1v) is 12.0. The van der Waals surface area contributed by atoms with Gasteiger partial charge in [0.15, 0.2) is 0 Å². The molecule has 0 nitrogen and oxygen atoms in total. The van der Waals surface area contributed by atoms with E-state index in [0.717, 1.165) is 38.9 Å². The maximum absolute atomic E-state index is 3.27. The summed E-state index contributed by atoms with van der Waals surface area (Å²) in [5, 5.41) is 0. The van der Waals surface area contributed by atoms with Gasteiger partial charge < -0.3 is 0 Å². The molecule has 0 saturated carbocycles. The average Bonchev–Trinajstić information content (AvgIpc) is 2.89. The summed E-state index contributed by atoms with van der Waals surface area (Å²) in [4.78, 5) is 0. The van der Waals surface area contributed by atoms with Gasteiger partial charge in [0.25, 0.3) is 0 Å². The predicted molar refractivity (Wildman–Crippen MR) is 149 cm³/mol. The standard InChI is InChI=1S/C33H24.C2H6/c1-25-4-8-28(9-5-25)12-13-30-14-16-31(17-15-30)18-19-32-21-23-33(27(3)24-32)22-20-29-10-6-26(2)7-11-29;1-2/h4-11,14-17,21,23-24H,1-3H3;1-2H3. The summed E-state index contributed by atoms with van der Waals surface area (Å²) in [6, 6.07) is 30.7. The summed E-state index contributed by atoms with van der Waals surface area (Å²) in [5.74, 6) is 19.4. The fourth-order valence-electron chi connectivity index (χ4n) is 3.22. The lowest BCUT2D eigenvalue weighted by molar-refractivity contribution is 1.42. The summed E-state index contributed by atoms with van der Waals surface area (Å²) in [5.41, 5.74) is 9.61. The van der Waals surface area contributed by atoms with E-state index in [-0.39, 0.29) is 0 Å². The van der Waals surface area contributed by atoms with E-state index >= 15 is 0 Å². The second kappa shape index (κ2) is 12.7. The first-order valence-electron chi connectivity index (χ1n) is 12.0. The van der Waals surface area contributed by atoms with Crippen molar-refractivity contribution < 1.29 is 0 Å². The Morgan fingerprint density at radius 1 is 0.371 bits per heavy atom. The highest BCUT2D eigenvalue weighted by atomic mass is 14.0. The Labute approximate surface area is 211 Å². The van der Waals surface area contributed by atoms with Crippen LogP contribution in [-0.2, 0) is 0 Å². The lowest BCUT2D eigenvalue weighted by Gasteiger charge is -1.99. The lowest BCUT2D eigenvalue weighted by atomic mass is 10.0. The topological polar surface area (TPSA) is 0 Å². The second-order valence-corrected chi connectivity index (χ2v) is 8.09. The highest BCUT2D eigenvalue weighted by Gasteiger charge is 1.97. The molecule has 0 unspecified atom stereocenters. The van der Waals surface area contributed by atoms with Crippen molar-refractivity contribution in [3.63, 3.8) is 0 Å². The van der Waals surface area contributed by atoms with E-state index < -0.39 is 0 Å². The molecule has 0 aromatic heterocycles. The van der Waals surface area contributed by atoms with Gasteiger partial charge in [0.2, 0.25) is 0 Å². The zero-order valence-electron chi connectivity index (χ0n) is 21.2. The zero-order chi connectivity index (χ0) is 25.0. The summed E-state index contributed by atoms with van der Waals surface area (Å²) >= 11 is 0. The van der Waals surface area contributed by atoms with Crippen LogP contribution in [0.2, 0.25) is 0 Å². The van der Waals surface area contributed by atoms with Crippen LogP contribution < -0.4 is 0 Å². The van der Waals surface area contributed by atoms with Crippen molar-refractivity contribution in [3.8, 4) is 35.5 Å². The fraction of sp³-hybridized carbons (Fsp3) is 0.143. The largest absolute Gasteiger partial charge is 0.0683 e. The quantitative estimate of drug-likeness (QED) is 0.239. The molecule has 4 rings (SSSR count). The average molecular weight is 451 g/mol. The molecule has 0 bridgehead atoms. The number of hydrogen-bond donors (Lipinski definition) is 0. The molecule has 0 aliphatic rings. The molecule has 0 amide bonds. The Morgan fingerprint density at radius 3 is 1.09 bits per heavy atom. The lowest BCUT2D eigenvalue weighted by Crippen LogP contribution is -1.85. The van der Waals surface area contributed by atoms with Crippen LogP contribution in [0.4, 0.5) is 0 Å². The molecule has 0 N–H and O–H groups in total. The monoisotopic (exact) mass is 450 g/mol. The first-order chi connectivity index (χ1) is 17.0. The summed E-state index contributed by atoms with van der Waals surface area (Å²) < 4.78 is 0. The van der Waals surface area contributed by atoms with Crippen LogP contribution in [0.15, 0.2) is 91.0 Å². The molecule has 0 atom stereocenters. The molecular weight excluding hydrogens is 420 g/mol. The van der Waals surface area contributed by atoms with E-state index in [1.165, 1.54) is 11.1 Å². The Kier molecular flexibility index (Phi) is 9.14. The molecule has 4 aromatic rings. The molecule has 0 saturated heterocycles. The Bertz CT molecular complexity index is 1450. The van der Waals surface area contributed by atoms with Crippen molar-refractivity contribution in [1.29, 1.82) is 0 Å². The molecule has 0 radical (unpaired) electrons. The highest BCUT2D eigenvalue weighted by molar-refractivity contribution is 5.52. The minimum atomic E-state index is 0.969. The minimum absolute atomic E-state index is 0.969. The third-order valence-corrected chi connectivity index (χ3v) is 5.26. The molecule has 0 heterocycles. The Morgan fingerprint density at radius 2 is 0.686 bits per heavy atom. The molecule has 0 aliphatic carbocycles. The molecule has 0 spiro atoms. The van der Waals surface area contributed by atoms with Crippen molar-refractivity contribution in [1.82, 2.24) is 0 Å². The molecule has 0 heteroatoms.